The highest BCUT2D eigenvalue weighted by Crippen LogP contribution is 2.36. The molecule has 28 heavy (non-hydrogen) atoms. The lowest BCUT2D eigenvalue weighted by molar-refractivity contribution is 0.0571. The zero-order valence-electron chi connectivity index (χ0n) is 15.1. The molecule has 0 saturated carbocycles. The molecule has 0 atom stereocenters. The minimum Gasteiger partial charge on any atom is -0.467 e. The van der Waals surface area contributed by atoms with E-state index in [1.165, 1.54) is 6.26 Å². The Morgan fingerprint density at radius 1 is 1.36 bits per heavy atom. The number of furan rings is 1. The lowest BCUT2D eigenvalue weighted by atomic mass is 10.2. The van der Waals surface area contributed by atoms with E-state index in [1.54, 1.807) is 32.9 Å². The Kier molecular flexibility index (Phi) is 5.49. The molecule has 0 unspecified atom stereocenters. The second kappa shape index (κ2) is 7.56. The van der Waals surface area contributed by atoms with Crippen LogP contribution in [0.25, 0.3) is 11.0 Å². The lowest BCUT2D eigenvalue weighted by Gasteiger charge is -2.27. The topological polar surface area (TPSA) is 73.4 Å². The average molecular weight is 433 g/mol. The van der Waals surface area contributed by atoms with Gasteiger partial charge in [0, 0.05) is 6.20 Å². The van der Waals surface area contributed by atoms with Crippen LogP contribution in [0.15, 0.2) is 29.0 Å². The predicted octanol–water partition coefficient (Wildman–Crippen LogP) is 5.67. The van der Waals surface area contributed by atoms with E-state index in [1.807, 2.05) is 0 Å². The van der Waals surface area contributed by atoms with Crippen molar-refractivity contribution in [1.29, 1.82) is 0 Å². The number of alkyl halides is 2. The maximum atomic E-state index is 13.6. The summed E-state index contributed by atoms with van der Waals surface area (Å²) >= 11 is 12.0. The molecule has 0 fully saturated rings. The van der Waals surface area contributed by atoms with Gasteiger partial charge < -0.3 is 9.15 Å². The Bertz CT molecular complexity index is 1000. The van der Waals surface area contributed by atoms with Crippen molar-refractivity contribution in [3.63, 3.8) is 0 Å². The van der Waals surface area contributed by atoms with Crippen molar-refractivity contribution in [2.75, 3.05) is 4.90 Å². The SMILES string of the molecule is CC(C)(C)OC(=O)N(Cc1ccco1)c1nc(Cl)nc2c(Cl)cn(C(F)F)c12. The smallest absolute Gasteiger partial charge is 0.416 e. The summed E-state index contributed by atoms with van der Waals surface area (Å²) < 4.78 is 38.4. The molecule has 7 nitrogen and oxygen atoms in total. The summed E-state index contributed by atoms with van der Waals surface area (Å²) in [7, 11) is 0. The highest BCUT2D eigenvalue weighted by Gasteiger charge is 2.30. The van der Waals surface area contributed by atoms with E-state index in [-0.39, 0.29) is 33.7 Å². The summed E-state index contributed by atoms with van der Waals surface area (Å²) in [6, 6.07) is 3.25. The number of anilines is 1. The number of amides is 1. The fourth-order valence-corrected chi connectivity index (χ4v) is 2.91. The van der Waals surface area contributed by atoms with Crippen LogP contribution in [-0.2, 0) is 11.3 Å². The number of halogens is 4. The Balaban J connectivity index is 2.21. The van der Waals surface area contributed by atoms with Gasteiger partial charge in [-0.2, -0.15) is 13.8 Å². The molecule has 0 aliphatic heterocycles. The van der Waals surface area contributed by atoms with Crippen molar-refractivity contribution < 1.29 is 22.7 Å². The van der Waals surface area contributed by atoms with Crippen LogP contribution in [0.2, 0.25) is 10.3 Å². The first-order valence-corrected chi connectivity index (χ1v) is 8.87. The van der Waals surface area contributed by atoms with Gasteiger partial charge in [-0.15, -0.1) is 0 Å². The van der Waals surface area contributed by atoms with Gasteiger partial charge in [0.25, 0.3) is 0 Å². The van der Waals surface area contributed by atoms with E-state index in [4.69, 9.17) is 32.4 Å². The largest absolute Gasteiger partial charge is 0.467 e. The molecular formula is C17H16Cl2F2N4O3. The minimum absolute atomic E-state index is 0.00929. The molecule has 0 spiro atoms. The molecule has 0 saturated heterocycles. The third-order valence-corrected chi connectivity index (χ3v) is 3.99. The van der Waals surface area contributed by atoms with E-state index in [9.17, 15) is 13.6 Å². The van der Waals surface area contributed by atoms with Gasteiger partial charge >= 0.3 is 12.6 Å². The van der Waals surface area contributed by atoms with Crippen molar-refractivity contribution in [3.8, 4) is 0 Å². The molecule has 11 heteroatoms. The second-order valence-corrected chi connectivity index (χ2v) is 7.57. The van der Waals surface area contributed by atoms with Gasteiger partial charge in [0.1, 0.15) is 22.4 Å². The molecule has 0 radical (unpaired) electrons. The van der Waals surface area contributed by atoms with Gasteiger partial charge in [-0.05, 0) is 44.5 Å². The fraction of sp³-hybridized carbons (Fsp3) is 0.353. The molecule has 3 rings (SSSR count). The third kappa shape index (κ3) is 4.20. The van der Waals surface area contributed by atoms with Crippen molar-refractivity contribution in [3.05, 3.63) is 40.7 Å². The molecule has 0 N–H and O–H groups in total. The van der Waals surface area contributed by atoms with Crippen molar-refractivity contribution in [2.24, 2.45) is 0 Å². The first kappa shape index (κ1) is 20.3. The molecular weight excluding hydrogens is 417 g/mol. The summed E-state index contributed by atoms with van der Waals surface area (Å²) in [6.45, 7) is 1.96. The van der Waals surface area contributed by atoms with E-state index < -0.39 is 18.2 Å². The van der Waals surface area contributed by atoms with Crippen molar-refractivity contribution >= 4 is 46.1 Å². The number of aromatic nitrogens is 3. The van der Waals surface area contributed by atoms with Gasteiger partial charge in [0.2, 0.25) is 5.28 Å². The molecule has 3 heterocycles. The van der Waals surface area contributed by atoms with Crippen molar-refractivity contribution in [1.82, 2.24) is 14.5 Å². The number of rotatable bonds is 4. The molecule has 0 aliphatic rings. The Morgan fingerprint density at radius 2 is 2.07 bits per heavy atom. The van der Waals surface area contributed by atoms with Crippen LogP contribution in [0.4, 0.5) is 19.4 Å². The highest BCUT2D eigenvalue weighted by atomic mass is 35.5. The lowest BCUT2D eigenvalue weighted by Crippen LogP contribution is -2.37. The van der Waals surface area contributed by atoms with E-state index in [0.717, 1.165) is 11.1 Å². The maximum absolute atomic E-state index is 13.6. The number of ether oxygens (including phenoxy) is 1. The average Bonchev–Trinajstić information content (AvgIpc) is 3.19. The van der Waals surface area contributed by atoms with Crippen LogP contribution < -0.4 is 4.90 Å². The van der Waals surface area contributed by atoms with Gasteiger partial charge in [-0.3, -0.25) is 9.47 Å². The molecule has 1 amide bonds. The zero-order valence-corrected chi connectivity index (χ0v) is 16.6. The van der Waals surface area contributed by atoms with Crippen LogP contribution in [0.3, 0.4) is 0 Å². The van der Waals surface area contributed by atoms with Gasteiger partial charge in [-0.25, -0.2) is 9.78 Å². The molecule has 3 aromatic heterocycles. The number of hydrogen-bond acceptors (Lipinski definition) is 5. The summed E-state index contributed by atoms with van der Waals surface area (Å²) in [4.78, 5) is 21.8. The number of hydrogen-bond donors (Lipinski definition) is 0. The first-order chi connectivity index (χ1) is 13.1. The van der Waals surface area contributed by atoms with Gasteiger partial charge in [0.15, 0.2) is 5.82 Å². The summed E-state index contributed by atoms with van der Waals surface area (Å²) in [5, 5.41) is -0.313. The number of carbonyl (C=O) groups excluding carboxylic acids is 1. The molecule has 150 valence electrons. The van der Waals surface area contributed by atoms with Crippen LogP contribution >= 0.6 is 23.2 Å². The molecule has 0 bridgehead atoms. The van der Waals surface area contributed by atoms with E-state index >= 15 is 0 Å². The van der Waals surface area contributed by atoms with Gasteiger partial charge in [0.05, 0.1) is 17.8 Å². The summed E-state index contributed by atoms with van der Waals surface area (Å²) in [6.07, 6.45) is 1.60. The summed E-state index contributed by atoms with van der Waals surface area (Å²) in [5.41, 5.74) is -0.997. The maximum Gasteiger partial charge on any atom is 0.416 e. The van der Waals surface area contributed by atoms with Gasteiger partial charge in [-0.1, -0.05) is 11.6 Å². The van der Waals surface area contributed by atoms with Crippen LogP contribution in [0.5, 0.6) is 0 Å². The Morgan fingerprint density at radius 3 is 2.64 bits per heavy atom. The standard InChI is InChI=1S/C17H16Cl2F2N4O3/c1-17(2,3)28-16(26)25(7-9-5-4-6-27-9)13-12-11(22-14(19)23-13)10(18)8-24(12)15(20)21/h4-6,8,15H,7H2,1-3H3. The quantitative estimate of drug-likeness (QED) is 0.496. The Labute approximate surface area is 168 Å². The third-order valence-electron chi connectivity index (χ3n) is 3.55. The van der Waals surface area contributed by atoms with E-state index in [2.05, 4.69) is 9.97 Å². The minimum atomic E-state index is -2.94. The molecule has 0 aliphatic carbocycles. The van der Waals surface area contributed by atoms with Crippen LogP contribution in [0.1, 0.15) is 33.1 Å². The van der Waals surface area contributed by atoms with Crippen LogP contribution in [-0.4, -0.2) is 26.2 Å². The predicted molar refractivity (Wildman–Crippen MR) is 99.9 cm³/mol. The molecule has 0 aromatic carbocycles. The fourth-order valence-electron chi connectivity index (χ4n) is 2.51. The van der Waals surface area contributed by atoms with Crippen LogP contribution in [0, 0.1) is 0 Å². The van der Waals surface area contributed by atoms with E-state index in [0.29, 0.717) is 10.3 Å². The highest BCUT2D eigenvalue weighted by molar-refractivity contribution is 6.36. The second-order valence-electron chi connectivity index (χ2n) is 6.82. The number of carbonyl (C=O) groups is 1. The first-order valence-electron chi connectivity index (χ1n) is 8.11. The zero-order chi connectivity index (χ0) is 20.6. The normalized spacial score (nSPS) is 12.0. The summed E-state index contributed by atoms with van der Waals surface area (Å²) in [5.74, 6) is 0.211. The Hall–Kier alpha value is -2.39. The number of fused-ring (bicyclic) bond motifs is 1. The molecule has 3 aromatic rings. The number of nitrogens with zero attached hydrogens (tertiary/aromatic N) is 4. The monoisotopic (exact) mass is 432 g/mol. The van der Waals surface area contributed by atoms with Crippen molar-refractivity contribution in [2.45, 2.75) is 39.5 Å².